The molecule has 2 N–H and O–H groups in total. The first-order chi connectivity index (χ1) is 9.58. The van der Waals surface area contributed by atoms with Gasteiger partial charge in [0.05, 0.1) is 19.3 Å². The van der Waals surface area contributed by atoms with Gasteiger partial charge in [-0.15, -0.1) is 0 Å². The van der Waals surface area contributed by atoms with Crippen molar-refractivity contribution in [1.29, 1.82) is 0 Å². The molecule has 124 valence electrons. The Hall–Kier alpha value is 0.390. The smallest absolute Gasteiger partial charge is 1.00 e. The molecule has 21 heavy (non-hydrogen) atoms. The molecule has 0 aliphatic carbocycles. The maximum atomic E-state index is 9.82. The Morgan fingerprint density at radius 1 is 1.05 bits per heavy atom. The van der Waals surface area contributed by atoms with Gasteiger partial charge in [-0.3, -0.25) is 4.79 Å². The first kappa shape index (κ1) is 26.3. The summed E-state index contributed by atoms with van der Waals surface area (Å²) in [4.78, 5) is 9.82. The zero-order chi connectivity index (χ0) is 15.6. The molecule has 5 heteroatoms. The topological polar surface area (TPSA) is 66.8 Å². The Morgan fingerprint density at radius 2 is 1.52 bits per heavy atom. The van der Waals surface area contributed by atoms with E-state index in [0.717, 1.165) is 12.8 Å². The van der Waals surface area contributed by atoms with Gasteiger partial charge in [0.2, 0.25) is 0 Å². The van der Waals surface area contributed by atoms with Crippen LogP contribution in [0.3, 0.4) is 0 Å². The maximum Gasteiger partial charge on any atom is 1.00 e. The molecule has 0 aromatic rings. The van der Waals surface area contributed by atoms with Crippen LogP contribution in [0, 0.1) is 0 Å². The normalized spacial score (nSPS) is 10.9. The van der Waals surface area contributed by atoms with Crippen LogP contribution in [0.5, 0.6) is 0 Å². The summed E-state index contributed by atoms with van der Waals surface area (Å²) in [6.45, 7) is 5.80. The number of carbonyl (C=O) groups is 1. The van der Waals surface area contributed by atoms with Gasteiger partial charge in [-0.05, 0) is 13.3 Å². The molecule has 0 spiro atoms. The Bertz CT molecular complexity index is 207. The Balaban J connectivity index is -0.000000174. The summed E-state index contributed by atoms with van der Waals surface area (Å²) >= 11 is 0. The van der Waals surface area contributed by atoms with Crippen LogP contribution < -0.4 is 29.6 Å². The van der Waals surface area contributed by atoms with Gasteiger partial charge in [-0.25, -0.2) is 0 Å². The Labute approximate surface area is 154 Å². The van der Waals surface area contributed by atoms with Crippen LogP contribution in [0.25, 0.3) is 0 Å². The van der Waals surface area contributed by atoms with Crippen molar-refractivity contribution >= 4 is 5.97 Å². The second-order valence-electron chi connectivity index (χ2n) is 5.02. The molecule has 0 fully saturated rings. The van der Waals surface area contributed by atoms with E-state index in [1.165, 1.54) is 51.9 Å². The predicted molar refractivity (Wildman–Crippen MR) is 83.7 cm³/mol. The van der Waals surface area contributed by atoms with Gasteiger partial charge >= 0.3 is 35.5 Å². The van der Waals surface area contributed by atoms with E-state index in [4.69, 9.17) is 10.2 Å². The predicted octanol–water partition coefficient (Wildman–Crippen LogP) is 0.556. The van der Waals surface area contributed by atoms with E-state index in [-0.39, 0.29) is 43.6 Å². The summed E-state index contributed by atoms with van der Waals surface area (Å²) in [7, 11) is 0. The second kappa shape index (κ2) is 22.7. The summed E-state index contributed by atoms with van der Waals surface area (Å²) in [5.41, 5.74) is 0. The van der Waals surface area contributed by atoms with Crippen LogP contribution in [-0.4, -0.2) is 35.5 Å². The van der Waals surface area contributed by atoms with Crippen molar-refractivity contribution in [2.75, 3.05) is 13.2 Å². The van der Waals surface area contributed by atoms with E-state index in [1.54, 1.807) is 6.92 Å². The van der Waals surface area contributed by atoms with E-state index >= 15 is 0 Å². The van der Waals surface area contributed by atoms with Crippen LogP contribution >= 0.6 is 0 Å². The van der Waals surface area contributed by atoms with Gasteiger partial charge in [-0.1, -0.05) is 58.3 Å². The minimum atomic E-state index is -0.491. The second-order valence-corrected chi connectivity index (χ2v) is 5.02. The average molecular weight is 314 g/mol. The summed E-state index contributed by atoms with van der Waals surface area (Å²) in [5, 5.41) is 17.7. The third-order valence-corrected chi connectivity index (χ3v) is 2.95. The van der Waals surface area contributed by atoms with Crippen molar-refractivity contribution in [3.63, 3.8) is 0 Å². The third-order valence-electron chi connectivity index (χ3n) is 2.95. The Kier molecular flexibility index (Phi) is 28.4. The van der Waals surface area contributed by atoms with Crippen molar-refractivity contribution < 1.29 is 50.7 Å². The SMILES string of the molecule is CCCCCCCCCCC(O)CO.CCOC(C)=O.[H-].[Na+]. The average Bonchev–Trinajstić information content (AvgIpc) is 2.42. The fourth-order valence-electron chi connectivity index (χ4n) is 1.81. The molecule has 0 aromatic heterocycles. The molecule has 1 unspecified atom stereocenters. The van der Waals surface area contributed by atoms with E-state index in [1.807, 2.05) is 0 Å². The third kappa shape index (κ3) is 29.1. The van der Waals surface area contributed by atoms with Crippen LogP contribution in [0.4, 0.5) is 0 Å². The summed E-state index contributed by atoms with van der Waals surface area (Å²) in [5.74, 6) is -0.211. The number of ether oxygens (including phenoxy) is 1. The first-order valence-corrected chi connectivity index (χ1v) is 8.00. The molecule has 0 rings (SSSR count). The fraction of sp³-hybridized carbons (Fsp3) is 0.938. The minimum absolute atomic E-state index is 0. The molecule has 0 aliphatic rings. The van der Waals surface area contributed by atoms with E-state index in [0.29, 0.717) is 6.61 Å². The molecule has 0 heterocycles. The molecule has 0 saturated heterocycles. The molecule has 1 atom stereocenters. The number of carbonyl (C=O) groups excluding carboxylic acids is 1. The van der Waals surface area contributed by atoms with Crippen LogP contribution in [-0.2, 0) is 9.53 Å². The molecular weight excluding hydrogens is 279 g/mol. The number of rotatable bonds is 11. The number of unbranched alkanes of at least 4 members (excludes halogenated alkanes) is 7. The minimum Gasteiger partial charge on any atom is -1.00 e. The molecule has 4 nitrogen and oxygen atoms in total. The van der Waals surface area contributed by atoms with E-state index < -0.39 is 6.10 Å². The maximum absolute atomic E-state index is 9.82. The zero-order valence-electron chi connectivity index (χ0n) is 15.6. The standard InChI is InChI=1S/C12H26O2.C4H8O2.Na.H/c1-2-3-4-5-6-7-8-9-10-12(14)11-13;1-3-6-4(2)5;;/h12-14H,2-11H2,1H3;3H2,1-2H3;;/q;;+1;-1. The van der Waals surface area contributed by atoms with E-state index in [2.05, 4.69) is 11.7 Å². The van der Waals surface area contributed by atoms with Crippen molar-refractivity contribution in [3.8, 4) is 0 Å². The van der Waals surface area contributed by atoms with Crippen molar-refractivity contribution in [2.24, 2.45) is 0 Å². The summed E-state index contributed by atoms with van der Waals surface area (Å²) < 4.78 is 4.40. The van der Waals surface area contributed by atoms with Gasteiger partial charge in [0.15, 0.2) is 0 Å². The molecule has 0 saturated carbocycles. The Morgan fingerprint density at radius 3 is 1.86 bits per heavy atom. The van der Waals surface area contributed by atoms with Crippen LogP contribution in [0.1, 0.15) is 80.0 Å². The number of aliphatic hydroxyl groups excluding tert-OH is 2. The number of hydrogen-bond donors (Lipinski definition) is 2. The fourth-order valence-corrected chi connectivity index (χ4v) is 1.81. The largest absolute Gasteiger partial charge is 1.00 e. The molecule has 0 aromatic carbocycles. The monoisotopic (exact) mass is 314 g/mol. The first-order valence-electron chi connectivity index (χ1n) is 8.00. The number of esters is 1. The molecule has 0 aliphatic heterocycles. The van der Waals surface area contributed by atoms with Crippen molar-refractivity contribution in [1.82, 2.24) is 0 Å². The summed E-state index contributed by atoms with van der Waals surface area (Å²) in [6, 6.07) is 0. The van der Waals surface area contributed by atoms with Crippen molar-refractivity contribution in [3.05, 3.63) is 0 Å². The molecule has 0 radical (unpaired) electrons. The van der Waals surface area contributed by atoms with Gasteiger partial charge in [0, 0.05) is 6.92 Å². The van der Waals surface area contributed by atoms with Crippen LogP contribution in [0.15, 0.2) is 0 Å². The summed E-state index contributed by atoms with van der Waals surface area (Å²) in [6.07, 6.45) is 10.5. The number of aliphatic hydroxyl groups is 2. The van der Waals surface area contributed by atoms with Gasteiger partial charge < -0.3 is 16.4 Å². The van der Waals surface area contributed by atoms with Crippen LogP contribution in [0.2, 0.25) is 0 Å². The molecular formula is C16H35NaO4. The van der Waals surface area contributed by atoms with Gasteiger partial charge in [0.1, 0.15) is 0 Å². The van der Waals surface area contributed by atoms with E-state index in [9.17, 15) is 4.79 Å². The van der Waals surface area contributed by atoms with Gasteiger partial charge in [0.25, 0.3) is 0 Å². The van der Waals surface area contributed by atoms with Crippen molar-refractivity contribution in [2.45, 2.75) is 84.7 Å². The quantitative estimate of drug-likeness (QED) is 0.332. The van der Waals surface area contributed by atoms with Gasteiger partial charge in [-0.2, -0.15) is 0 Å². The zero-order valence-corrected chi connectivity index (χ0v) is 16.6. The molecule has 0 amide bonds. The number of hydrogen-bond acceptors (Lipinski definition) is 4. The molecule has 0 bridgehead atoms.